The third kappa shape index (κ3) is 5.89. The monoisotopic (exact) mass is 277 g/mol. The molecular weight excluding hydrogens is 254 g/mol. The van der Waals surface area contributed by atoms with E-state index < -0.39 is 6.04 Å². The van der Waals surface area contributed by atoms with Crippen LogP contribution in [0.2, 0.25) is 0 Å². The topological polar surface area (TPSA) is 58.6 Å². The van der Waals surface area contributed by atoms with Crippen LogP contribution in [0.3, 0.4) is 0 Å². The summed E-state index contributed by atoms with van der Waals surface area (Å²) >= 11 is 0. The van der Waals surface area contributed by atoms with E-state index in [1.807, 2.05) is 20.8 Å². The fourth-order valence-electron chi connectivity index (χ4n) is 1.83. The van der Waals surface area contributed by atoms with Gasteiger partial charge in [0.05, 0.1) is 0 Å². The normalized spacial score (nSPS) is 12.8. The van der Waals surface area contributed by atoms with E-state index in [-0.39, 0.29) is 23.9 Å². The molecule has 1 atom stereocenters. The Labute approximate surface area is 120 Å². The van der Waals surface area contributed by atoms with E-state index in [1.165, 1.54) is 0 Å². The van der Waals surface area contributed by atoms with Crippen molar-refractivity contribution in [3.05, 3.63) is 42.5 Å². The number of phenolic OH excluding ortho intramolecular Hbond substituents is 1. The highest BCUT2D eigenvalue weighted by molar-refractivity contribution is 5.76. The summed E-state index contributed by atoms with van der Waals surface area (Å²) in [7, 11) is 0. The molecule has 110 valence electrons. The number of esters is 1. The highest BCUT2D eigenvalue weighted by atomic mass is 16.5. The second-order valence-electron chi connectivity index (χ2n) is 5.74. The maximum atomic E-state index is 12.1. The minimum Gasteiger partial charge on any atom is -0.508 e. The van der Waals surface area contributed by atoms with Crippen molar-refractivity contribution in [3.8, 4) is 5.75 Å². The van der Waals surface area contributed by atoms with Crippen LogP contribution in [0.1, 0.15) is 26.3 Å². The van der Waals surface area contributed by atoms with Gasteiger partial charge in [-0.1, -0.05) is 24.8 Å². The molecule has 0 aliphatic carbocycles. The van der Waals surface area contributed by atoms with E-state index in [0.29, 0.717) is 6.42 Å². The van der Waals surface area contributed by atoms with Gasteiger partial charge < -0.3 is 9.84 Å². The van der Waals surface area contributed by atoms with Crippen LogP contribution in [0.15, 0.2) is 36.9 Å². The molecule has 1 aromatic rings. The van der Waals surface area contributed by atoms with Crippen molar-refractivity contribution in [3.63, 3.8) is 0 Å². The predicted octanol–water partition coefficient (Wildman–Crippen LogP) is 2.42. The maximum absolute atomic E-state index is 12.1. The van der Waals surface area contributed by atoms with Gasteiger partial charge in [-0.15, -0.1) is 0 Å². The highest BCUT2D eigenvalue weighted by Crippen LogP contribution is 2.13. The first kappa shape index (κ1) is 16.2. The molecule has 1 aromatic carbocycles. The van der Waals surface area contributed by atoms with E-state index in [2.05, 4.69) is 11.9 Å². The maximum Gasteiger partial charge on any atom is 0.323 e. The Hall–Kier alpha value is -1.81. The molecule has 0 spiro atoms. The Bertz CT molecular complexity index is 446. The molecule has 4 nitrogen and oxygen atoms in total. The van der Waals surface area contributed by atoms with E-state index in [9.17, 15) is 9.90 Å². The average molecular weight is 277 g/mol. The van der Waals surface area contributed by atoms with E-state index in [0.717, 1.165) is 5.56 Å². The number of rotatable bonds is 6. The van der Waals surface area contributed by atoms with Crippen LogP contribution in [0.4, 0.5) is 0 Å². The number of phenols is 1. The second-order valence-corrected chi connectivity index (χ2v) is 5.74. The first-order valence-corrected chi connectivity index (χ1v) is 6.65. The molecule has 20 heavy (non-hydrogen) atoms. The molecule has 4 heteroatoms. The number of hydrogen-bond donors (Lipinski definition) is 2. The summed E-state index contributed by atoms with van der Waals surface area (Å²) in [6.07, 6.45) is 2.06. The van der Waals surface area contributed by atoms with Gasteiger partial charge in [-0.05, 0) is 44.9 Å². The minimum atomic E-state index is -0.431. The number of nitrogens with one attached hydrogen (secondary N) is 1. The highest BCUT2D eigenvalue weighted by Gasteiger charge is 2.25. The van der Waals surface area contributed by atoms with Crippen LogP contribution in [0.5, 0.6) is 5.75 Å². The summed E-state index contributed by atoms with van der Waals surface area (Å²) in [5.41, 5.74) is 0.759. The number of benzene rings is 1. The van der Waals surface area contributed by atoms with Crippen LogP contribution in [-0.2, 0) is 16.0 Å². The first-order chi connectivity index (χ1) is 9.31. The molecule has 0 unspecified atom stereocenters. The Morgan fingerprint density at radius 1 is 1.40 bits per heavy atom. The average Bonchev–Trinajstić information content (AvgIpc) is 2.36. The van der Waals surface area contributed by atoms with Crippen molar-refractivity contribution in [2.75, 3.05) is 6.61 Å². The van der Waals surface area contributed by atoms with Crippen LogP contribution in [-0.4, -0.2) is 29.3 Å². The number of hydrogen-bond acceptors (Lipinski definition) is 4. The van der Waals surface area contributed by atoms with Crippen molar-refractivity contribution >= 4 is 5.97 Å². The fourth-order valence-corrected chi connectivity index (χ4v) is 1.83. The number of ether oxygens (including phenoxy) is 1. The summed E-state index contributed by atoms with van der Waals surface area (Å²) in [5, 5.41) is 12.5. The molecule has 0 aliphatic rings. The lowest BCUT2D eigenvalue weighted by Crippen LogP contribution is -2.49. The third-order valence-corrected chi connectivity index (χ3v) is 2.61. The Balaban J connectivity index is 2.78. The van der Waals surface area contributed by atoms with Gasteiger partial charge in [0.2, 0.25) is 0 Å². The summed E-state index contributed by atoms with van der Waals surface area (Å²) < 4.78 is 5.13. The zero-order chi connectivity index (χ0) is 15.2. The molecule has 0 amide bonds. The van der Waals surface area contributed by atoms with Crippen molar-refractivity contribution in [2.45, 2.75) is 38.8 Å². The summed E-state index contributed by atoms with van der Waals surface area (Å²) in [4.78, 5) is 12.1. The van der Waals surface area contributed by atoms with Gasteiger partial charge in [0.15, 0.2) is 0 Å². The Morgan fingerprint density at radius 3 is 2.50 bits per heavy atom. The second kappa shape index (κ2) is 7.10. The van der Waals surface area contributed by atoms with Crippen LogP contribution >= 0.6 is 0 Å². The zero-order valence-corrected chi connectivity index (χ0v) is 12.3. The summed E-state index contributed by atoms with van der Waals surface area (Å²) in [6, 6.07) is 6.39. The van der Waals surface area contributed by atoms with Gasteiger partial charge in [0.1, 0.15) is 18.4 Å². The van der Waals surface area contributed by atoms with Crippen molar-refractivity contribution in [1.29, 1.82) is 0 Å². The smallest absolute Gasteiger partial charge is 0.323 e. The SMILES string of the molecule is C=CCOC(=O)[C@H](Cc1ccc(O)cc1)NC(C)(C)C. The van der Waals surface area contributed by atoms with Crippen LogP contribution in [0.25, 0.3) is 0 Å². The van der Waals surface area contributed by atoms with Crippen molar-refractivity contribution in [2.24, 2.45) is 0 Å². The quantitative estimate of drug-likeness (QED) is 0.619. The van der Waals surface area contributed by atoms with Gasteiger partial charge in [0.25, 0.3) is 0 Å². The van der Waals surface area contributed by atoms with Gasteiger partial charge >= 0.3 is 5.97 Å². The van der Waals surface area contributed by atoms with E-state index in [1.54, 1.807) is 30.3 Å². The molecule has 0 bridgehead atoms. The Kier molecular flexibility index (Phi) is 5.77. The number of carbonyl (C=O) groups excluding carboxylic acids is 1. The number of carbonyl (C=O) groups is 1. The third-order valence-electron chi connectivity index (χ3n) is 2.61. The molecule has 0 saturated carbocycles. The predicted molar refractivity (Wildman–Crippen MR) is 79.6 cm³/mol. The van der Waals surface area contributed by atoms with Gasteiger partial charge in [-0.2, -0.15) is 0 Å². The molecule has 2 N–H and O–H groups in total. The van der Waals surface area contributed by atoms with Gasteiger partial charge in [-0.25, -0.2) is 0 Å². The van der Waals surface area contributed by atoms with E-state index in [4.69, 9.17) is 4.74 Å². The van der Waals surface area contributed by atoms with Crippen LogP contribution < -0.4 is 5.32 Å². The van der Waals surface area contributed by atoms with Crippen molar-refractivity contribution in [1.82, 2.24) is 5.32 Å². The minimum absolute atomic E-state index is 0.200. The largest absolute Gasteiger partial charge is 0.508 e. The van der Waals surface area contributed by atoms with Gasteiger partial charge in [0, 0.05) is 5.54 Å². The molecule has 0 radical (unpaired) electrons. The molecule has 0 saturated heterocycles. The van der Waals surface area contributed by atoms with Crippen molar-refractivity contribution < 1.29 is 14.6 Å². The summed E-state index contributed by atoms with van der Waals surface area (Å²) in [5.74, 6) is -0.0868. The first-order valence-electron chi connectivity index (χ1n) is 6.65. The zero-order valence-electron chi connectivity index (χ0n) is 12.3. The fraction of sp³-hybridized carbons (Fsp3) is 0.438. The molecule has 0 fully saturated rings. The lowest BCUT2D eigenvalue weighted by molar-refractivity contribution is -0.145. The van der Waals surface area contributed by atoms with Crippen LogP contribution in [0, 0.1) is 0 Å². The number of aromatic hydroxyl groups is 1. The molecular formula is C16H23NO3. The van der Waals surface area contributed by atoms with E-state index >= 15 is 0 Å². The lowest BCUT2D eigenvalue weighted by atomic mass is 10.0. The molecule has 0 aliphatic heterocycles. The lowest BCUT2D eigenvalue weighted by Gasteiger charge is -2.27. The Morgan fingerprint density at radius 2 is 2.00 bits per heavy atom. The standard InChI is InChI=1S/C16H23NO3/c1-5-10-20-15(19)14(17-16(2,3)4)11-12-6-8-13(18)9-7-12/h5-9,14,17-18H,1,10-11H2,2-4H3/t14-/m0/s1. The summed E-state index contributed by atoms with van der Waals surface area (Å²) in [6.45, 7) is 9.73. The molecule has 1 rings (SSSR count). The van der Waals surface area contributed by atoms with Gasteiger partial charge in [-0.3, -0.25) is 10.1 Å². The molecule has 0 aromatic heterocycles. The molecule has 0 heterocycles.